The van der Waals surface area contributed by atoms with Gasteiger partial charge in [-0.25, -0.2) is 9.97 Å². The van der Waals surface area contributed by atoms with E-state index in [9.17, 15) is 9.59 Å². The number of amides is 2. The summed E-state index contributed by atoms with van der Waals surface area (Å²) in [5.41, 5.74) is 3.66. The molecule has 2 fully saturated rings. The van der Waals surface area contributed by atoms with Crippen LogP contribution in [-0.2, 0) is 16.6 Å². The third kappa shape index (κ3) is 8.44. The molecule has 2 aliphatic heterocycles. The Labute approximate surface area is 301 Å². The van der Waals surface area contributed by atoms with Gasteiger partial charge in [0.15, 0.2) is 5.82 Å². The smallest absolute Gasteiger partial charge is 0.262 e. The van der Waals surface area contributed by atoms with Crippen LogP contribution >= 0.6 is 11.3 Å². The molecule has 0 aliphatic carbocycles. The molecule has 9 heteroatoms. The van der Waals surface area contributed by atoms with Crippen LogP contribution in [0.25, 0.3) is 22.5 Å². The van der Waals surface area contributed by atoms with E-state index in [4.69, 9.17) is 4.74 Å². The quantitative estimate of drug-likeness (QED) is 0.131. The van der Waals surface area contributed by atoms with Crippen LogP contribution in [0.2, 0.25) is 0 Å². The topological polar surface area (TPSA) is 96.4 Å². The Bertz CT molecular complexity index is 1720. The lowest BCUT2D eigenvalue weighted by Crippen LogP contribution is -2.69. The summed E-state index contributed by atoms with van der Waals surface area (Å²) in [6.07, 6.45) is 12.2. The standard InChI is InChI=1S/C41H51N5O3S/c1-5-6-7-8-9-23-49-33-17-15-30(16-18-33)32-25-43-37(44-26-32)31-13-11-29(12-14-31)24-34(39(48)46-22-10-21-41(46)27-42-28-41)45-38(47)35-19-20-36(50-35)40(2,3)4/h11-20,25-26,34,42H,5-10,21-24,27-28H2,1-4H3,(H,45,47)/t34-/m0/s1. The summed E-state index contributed by atoms with van der Waals surface area (Å²) in [5, 5.41) is 6.48. The van der Waals surface area contributed by atoms with Crippen molar-refractivity contribution in [2.45, 2.75) is 96.1 Å². The fourth-order valence-electron chi connectivity index (χ4n) is 6.84. The van der Waals surface area contributed by atoms with Gasteiger partial charge in [-0.3, -0.25) is 9.59 Å². The zero-order chi connectivity index (χ0) is 35.1. The van der Waals surface area contributed by atoms with Crippen molar-refractivity contribution in [1.82, 2.24) is 25.5 Å². The van der Waals surface area contributed by atoms with Crippen molar-refractivity contribution in [2.24, 2.45) is 0 Å². The first-order valence-corrected chi connectivity index (χ1v) is 19.0. The molecule has 0 unspecified atom stereocenters. The number of carbonyl (C=O) groups excluding carboxylic acids is 2. The highest BCUT2D eigenvalue weighted by Crippen LogP contribution is 2.34. The molecule has 2 aliphatic rings. The first-order valence-electron chi connectivity index (χ1n) is 18.2. The van der Waals surface area contributed by atoms with Gasteiger partial charge in [-0.1, -0.05) is 89.8 Å². The summed E-state index contributed by atoms with van der Waals surface area (Å²) in [6, 6.07) is 19.3. The number of likely N-dealkylation sites (tertiary alicyclic amines) is 1. The Kier molecular flexibility index (Phi) is 11.3. The van der Waals surface area contributed by atoms with Gasteiger partial charge in [-0.2, -0.15) is 0 Å². The Morgan fingerprint density at radius 2 is 1.62 bits per heavy atom. The first-order chi connectivity index (χ1) is 24.1. The number of hydrogen-bond donors (Lipinski definition) is 2. The Morgan fingerprint density at radius 3 is 2.26 bits per heavy atom. The summed E-state index contributed by atoms with van der Waals surface area (Å²) in [4.78, 5) is 40.7. The molecule has 2 saturated heterocycles. The maximum Gasteiger partial charge on any atom is 0.262 e. The van der Waals surface area contributed by atoms with Crippen molar-refractivity contribution in [1.29, 1.82) is 0 Å². The van der Waals surface area contributed by atoms with Gasteiger partial charge >= 0.3 is 0 Å². The summed E-state index contributed by atoms with van der Waals surface area (Å²) in [6.45, 7) is 11.7. The minimum atomic E-state index is -0.665. The van der Waals surface area contributed by atoms with Gasteiger partial charge < -0.3 is 20.3 Å². The highest BCUT2D eigenvalue weighted by atomic mass is 32.1. The van der Waals surface area contributed by atoms with Gasteiger partial charge in [0.1, 0.15) is 11.8 Å². The predicted octanol–water partition coefficient (Wildman–Crippen LogP) is 7.82. The van der Waals surface area contributed by atoms with Gasteiger partial charge in [0.2, 0.25) is 5.91 Å². The Balaban J connectivity index is 1.10. The van der Waals surface area contributed by atoms with Gasteiger partial charge in [0, 0.05) is 54.5 Å². The third-order valence-electron chi connectivity index (χ3n) is 9.95. The van der Waals surface area contributed by atoms with Crippen molar-refractivity contribution in [3.8, 4) is 28.3 Å². The van der Waals surface area contributed by atoms with Crippen LogP contribution < -0.4 is 15.4 Å². The van der Waals surface area contributed by atoms with Crippen LogP contribution in [-0.4, -0.2) is 64.5 Å². The van der Waals surface area contributed by atoms with Crippen LogP contribution in [0.5, 0.6) is 5.75 Å². The largest absolute Gasteiger partial charge is 0.494 e. The number of aromatic nitrogens is 2. The number of nitrogens with one attached hydrogen (secondary N) is 2. The van der Waals surface area contributed by atoms with Gasteiger partial charge in [0.05, 0.1) is 17.0 Å². The fraction of sp³-hybridized carbons (Fsp3) is 0.463. The molecule has 2 N–H and O–H groups in total. The van der Waals surface area contributed by atoms with E-state index >= 15 is 0 Å². The second-order valence-electron chi connectivity index (χ2n) is 14.8. The van der Waals surface area contributed by atoms with Crippen LogP contribution in [0.3, 0.4) is 0 Å². The molecule has 6 rings (SSSR count). The van der Waals surface area contributed by atoms with E-state index in [0.717, 1.165) is 78.4 Å². The number of ether oxygens (including phenoxy) is 1. The van der Waals surface area contributed by atoms with E-state index in [-0.39, 0.29) is 22.8 Å². The van der Waals surface area contributed by atoms with Gasteiger partial charge in [-0.15, -0.1) is 11.3 Å². The van der Waals surface area contributed by atoms with Crippen LogP contribution in [0.4, 0.5) is 0 Å². The molecule has 2 aromatic heterocycles. The molecule has 4 aromatic rings. The lowest BCUT2D eigenvalue weighted by atomic mass is 9.88. The van der Waals surface area contributed by atoms with Crippen molar-refractivity contribution >= 4 is 23.2 Å². The number of nitrogens with zero attached hydrogens (tertiary/aromatic N) is 3. The summed E-state index contributed by atoms with van der Waals surface area (Å²) in [7, 11) is 0. The molecule has 2 amide bonds. The molecule has 0 bridgehead atoms. The molecular formula is C41H51N5O3S. The molecule has 264 valence electrons. The minimum absolute atomic E-state index is 0.00467. The van der Waals surface area contributed by atoms with E-state index in [1.54, 1.807) is 0 Å². The average molecular weight is 694 g/mol. The molecule has 50 heavy (non-hydrogen) atoms. The zero-order valence-corrected chi connectivity index (χ0v) is 30.8. The van der Waals surface area contributed by atoms with E-state index in [1.807, 2.05) is 78.0 Å². The highest BCUT2D eigenvalue weighted by Gasteiger charge is 2.49. The summed E-state index contributed by atoms with van der Waals surface area (Å²) in [5.74, 6) is 1.31. The van der Waals surface area contributed by atoms with Crippen LogP contribution in [0.15, 0.2) is 73.1 Å². The molecule has 0 saturated carbocycles. The number of carbonyl (C=O) groups is 2. The number of thiophene rings is 1. The Hall–Kier alpha value is -4.08. The SMILES string of the molecule is CCCCCCCOc1ccc(-c2cnc(-c3ccc(C[C@H](NC(=O)c4ccc(C(C)(C)C)s4)C(=O)N4CCCC45CNC5)cc3)nc2)cc1. The maximum atomic E-state index is 14.1. The van der Waals surface area contributed by atoms with E-state index in [2.05, 4.69) is 48.3 Å². The third-order valence-corrected chi connectivity index (χ3v) is 11.5. The summed E-state index contributed by atoms with van der Waals surface area (Å²) >= 11 is 1.49. The lowest BCUT2D eigenvalue weighted by Gasteiger charge is -2.47. The molecule has 2 aromatic carbocycles. The zero-order valence-electron chi connectivity index (χ0n) is 30.0. The number of unbranched alkanes of at least 4 members (excludes halogenated alkanes) is 4. The normalized spacial score (nSPS) is 15.9. The van der Waals surface area contributed by atoms with Gasteiger partial charge in [-0.05, 0) is 60.1 Å². The average Bonchev–Trinajstić information content (AvgIpc) is 3.79. The van der Waals surface area contributed by atoms with Crippen molar-refractivity contribution < 1.29 is 14.3 Å². The fourth-order valence-corrected chi connectivity index (χ4v) is 7.80. The second kappa shape index (κ2) is 15.9. The van der Waals surface area contributed by atoms with Gasteiger partial charge in [0.25, 0.3) is 5.91 Å². The van der Waals surface area contributed by atoms with E-state index in [0.29, 0.717) is 17.1 Å². The molecule has 1 atom stereocenters. The number of hydrogen-bond acceptors (Lipinski definition) is 7. The monoisotopic (exact) mass is 693 g/mol. The van der Waals surface area contributed by atoms with Crippen molar-refractivity contribution in [3.05, 3.63) is 88.4 Å². The van der Waals surface area contributed by atoms with Crippen LogP contribution in [0.1, 0.15) is 92.8 Å². The number of benzene rings is 2. The molecular weight excluding hydrogens is 643 g/mol. The minimum Gasteiger partial charge on any atom is -0.494 e. The Morgan fingerprint density at radius 1 is 0.920 bits per heavy atom. The highest BCUT2D eigenvalue weighted by molar-refractivity contribution is 7.14. The first kappa shape index (κ1) is 35.7. The van der Waals surface area contributed by atoms with Crippen LogP contribution in [0, 0.1) is 0 Å². The molecule has 8 nitrogen and oxygen atoms in total. The van der Waals surface area contributed by atoms with E-state index in [1.165, 1.54) is 37.0 Å². The number of rotatable bonds is 14. The molecule has 0 radical (unpaired) electrons. The molecule has 1 spiro atoms. The lowest BCUT2D eigenvalue weighted by molar-refractivity contribution is -0.139. The second-order valence-corrected chi connectivity index (χ2v) is 15.9. The van der Waals surface area contributed by atoms with Crippen molar-refractivity contribution in [2.75, 3.05) is 26.2 Å². The predicted molar refractivity (Wildman–Crippen MR) is 202 cm³/mol. The van der Waals surface area contributed by atoms with E-state index < -0.39 is 6.04 Å². The summed E-state index contributed by atoms with van der Waals surface area (Å²) < 4.78 is 5.92. The maximum absolute atomic E-state index is 14.1. The molecule has 4 heterocycles. The van der Waals surface area contributed by atoms with Crippen molar-refractivity contribution in [3.63, 3.8) is 0 Å².